The molecule has 1 aliphatic rings. The number of piperidine rings is 1. The molecule has 3 rings (SSSR count). The molecule has 2 aromatic rings. The highest BCUT2D eigenvalue weighted by Crippen LogP contribution is 2.18. The first kappa shape index (κ1) is 14.0. The lowest BCUT2D eigenvalue weighted by molar-refractivity contribution is 0.457. The third-order valence-corrected chi connectivity index (χ3v) is 5.00. The van der Waals surface area contributed by atoms with Crippen LogP contribution in [0.2, 0.25) is 0 Å². The molecule has 0 spiro atoms. The van der Waals surface area contributed by atoms with Crippen LogP contribution in [0.4, 0.5) is 5.82 Å². The van der Waals surface area contributed by atoms with Crippen molar-refractivity contribution in [1.82, 2.24) is 19.9 Å². The van der Waals surface area contributed by atoms with Crippen LogP contribution in [0.25, 0.3) is 0 Å². The molecule has 0 atom stereocenters. The van der Waals surface area contributed by atoms with Crippen molar-refractivity contribution in [3.8, 4) is 0 Å². The minimum Gasteiger partial charge on any atom is -0.357 e. The summed E-state index contributed by atoms with van der Waals surface area (Å²) in [5, 5.41) is 6.26. The summed E-state index contributed by atoms with van der Waals surface area (Å²) in [5.74, 6) is 0.937. The fourth-order valence-corrected chi connectivity index (χ4v) is 3.66. The van der Waals surface area contributed by atoms with E-state index in [1.807, 2.05) is 18.2 Å². The van der Waals surface area contributed by atoms with E-state index < -0.39 is 10.0 Å². The van der Waals surface area contributed by atoms with E-state index in [0.29, 0.717) is 0 Å². The fourth-order valence-electron chi connectivity index (χ4n) is 2.44. The molecule has 3 heterocycles. The van der Waals surface area contributed by atoms with Gasteiger partial charge in [-0.1, -0.05) is 6.07 Å². The van der Waals surface area contributed by atoms with Crippen molar-refractivity contribution in [3.05, 3.63) is 36.7 Å². The fraction of sp³-hybridized carbons (Fsp3) is 0.385. The standard InChI is InChI=1S/C13H17N5O2S/c19-21(20,13-4-8-15-16-13)17-11-5-9-18(10-6-11)12-3-1-2-7-14-12/h1-4,7-8,11,17H,5-6,9-10H2,(H,15,16). The molecule has 7 nitrogen and oxygen atoms in total. The van der Waals surface area contributed by atoms with E-state index in [-0.39, 0.29) is 11.1 Å². The summed E-state index contributed by atoms with van der Waals surface area (Å²) in [7, 11) is -3.50. The van der Waals surface area contributed by atoms with E-state index in [1.165, 1.54) is 12.3 Å². The Kier molecular flexibility index (Phi) is 3.89. The van der Waals surface area contributed by atoms with Gasteiger partial charge in [-0.15, -0.1) is 0 Å². The van der Waals surface area contributed by atoms with E-state index in [1.54, 1.807) is 6.20 Å². The number of aromatic amines is 1. The Bertz CT molecular complexity index is 664. The predicted molar refractivity (Wildman–Crippen MR) is 78.4 cm³/mol. The van der Waals surface area contributed by atoms with Gasteiger partial charge in [0.25, 0.3) is 10.0 Å². The zero-order valence-electron chi connectivity index (χ0n) is 11.4. The Balaban J connectivity index is 1.59. The second kappa shape index (κ2) is 5.82. The number of pyridine rings is 1. The van der Waals surface area contributed by atoms with Crippen molar-refractivity contribution in [2.24, 2.45) is 0 Å². The molecule has 1 fully saturated rings. The van der Waals surface area contributed by atoms with Crippen molar-refractivity contribution >= 4 is 15.8 Å². The van der Waals surface area contributed by atoms with E-state index in [4.69, 9.17) is 0 Å². The Labute approximate surface area is 123 Å². The van der Waals surface area contributed by atoms with Gasteiger partial charge in [-0.05, 0) is 31.0 Å². The van der Waals surface area contributed by atoms with Gasteiger partial charge in [-0.25, -0.2) is 18.1 Å². The third kappa shape index (κ3) is 3.22. The Morgan fingerprint density at radius 1 is 1.19 bits per heavy atom. The average molecular weight is 307 g/mol. The molecule has 2 aromatic heterocycles. The highest BCUT2D eigenvalue weighted by atomic mass is 32.2. The van der Waals surface area contributed by atoms with Gasteiger partial charge in [0, 0.05) is 25.3 Å². The number of hydrogen-bond acceptors (Lipinski definition) is 5. The van der Waals surface area contributed by atoms with Crippen LogP contribution < -0.4 is 9.62 Å². The number of sulfonamides is 1. The van der Waals surface area contributed by atoms with E-state index in [9.17, 15) is 8.42 Å². The maximum atomic E-state index is 12.1. The summed E-state index contributed by atoms with van der Waals surface area (Å²) in [4.78, 5) is 6.48. The van der Waals surface area contributed by atoms with E-state index in [0.717, 1.165) is 31.7 Å². The molecule has 0 bridgehead atoms. The molecular weight excluding hydrogens is 290 g/mol. The van der Waals surface area contributed by atoms with Gasteiger partial charge in [0.2, 0.25) is 0 Å². The molecule has 0 unspecified atom stereocenters. The third-order valence-electron chi connectivity index (χ3n) is 3.55. The van der Waals surface area contributed by atoms with Gasteiger partial charge in [0.05, 0.1) is 6.20 Å². The Morgan fingerprint density at radius 2 is 2.00 bits per heavy atom. The topological polar surface area (TPSA) is 91.0 Å². The maximum Gasteiger partial charge on any atom is 0.257 e. The van der Waals surface area contributed by atoms with Crippen LogP contribution in [0.1, 0.15) is 12.8 Å². The monoisotopic (exact) mass is 307 g/mol. The van der Waals surface area contributed by atoms with Crippen LogP contribution in [-0.4, -0.2) is 42.7 Å². The summed E-state index contributed by atoms with van der Waals surface area (Å²) in [5.41, 5.74) is 0. The van der Waals surface area contributed by atoms with Crippen LogP contribution in [0, 0.1) is 0 Å². The SMILES string of the molecule is O=S(=O)(NC1CCN(c2ccccn2)CC1)c1ccn[nH]1. The number of hydrogen-bond donors (Lipinski definition) is 2. The highest BCUT2D eigenvalue weighted by molar-refractivity contribution is 7.89. The van der Waals surface area contributed by atoms with Crippen LogP contribution in [0.15, 0.2) is 41.7 Å². The number of rotatable bonds is 4. The molecule has 0 aliphatic carbocycles. The molecule has 0 amide bonds. The first-order valence-electron chi connectivity index (χ1n) is 6.83. The number of nitrogens with zero attached hydrogens (tertiary/aromatic N) is 3. The Hall–Kier alpha value is -1.93. The van der Waals surface area contributed by atoms with Gasteiger partial charge in [0.15, 0.2) is 5.03 Å². The van der Waals surface area contributed by atoms with Gasteiger partial charge in [-0.2, -0.15) is 5.10 Å². The lowest BCUT2D eigenvalue weighted by atomic mass is 10.1. The van der Waals surface area contributed by atoms with Crippen molar-refractivity contribution in [2.45, 2.75) is 23.9 Å². The van der Waals surface area contributed by atoms with Gasteiger partial charge < -0.3 is 4.90 Å². The zero-order valence-corrected chi connectivity index (χ0v) is 12.3. The maximum absolute atomic E-state index is 12.1. The predicted octanol–water partition coefficient (Wildman–Crippen LogP) is 0.752. The van der Waals surface area contributed by atoms with E-state index in [2.05, 4.69) is 24.8 Å². The van der Waals surface area contributed by atoms with Crippen LogP contribution in [-0.2, 0) is 10.0 Å². The Morgan fingerprint density at radius 3 is 2.62 bits per heavy atom. The molecule has 2 N–H and O–H groups in total. The summed E-state index contributed by atoms with van der Waals surface area (Å²) in [6.07, 6.45) is 4.70. The first-order chi connectivity index (χ1) is 10.1. The molecule has 0 radical (unpaired) electrons. The second-order valence-corrected chi connectivity index (χ2v) is 6.67. The van der Waals surface area contributed by atoms with Crippen molar-refractivity contribution in [1.29, 1.82) is 0 Å². The number of anilines is 1. The van der Waals surface area contributed by atoms with Gasteiger partial charge in [0.1, 0.15) is 5.82 Å². The summed E-state index contributed by atoms with van der Waals surface area (Å²) in [6, 6.07) is 7.20. The number of H-pyrrole nitrogens is 1. The smallest absolute Gasteiger partial charge is 0.257 e. The zero-order chi connectivity index (χ0) is 14.7. The largest absolute Gasteiger partial charge is 0.357 e. The molecular formula is C13H17N5O2S. The lowest BCUT2D eigenvalue weighted by Crippen LogP contribution is -2.44. The second-order valence-electron chi connectivity index (χ2n) is 4.99. The summed E-state index contributed by atoms with van der Waals surface area (Å²) >= 11 is 0. The van der Waals surface area contributed by atoms with Crippen molar-refractivity contribution in [3.63, 3.8) is 0 Å². The highest BCUT2D eigenvalue weighted by Gasteiger charge is 2.25. The molecule has 0 saturated carbocycles. The van der Waals surface area contributed by atoms with Gasteiger partial charge in [-0.3, -0.25) is 5.10 Å². The molecule has 112 valence electrons. The summed E-state index contributed by atoms with van der Waals surface area (Å²) in [6.45, 7) is 1.57. The molecule has 8 heteroatoms. The minimum absolute atomic E-state index is 0.0572. The van der Waals surface area contributed by atoms with Crippen molar-refractivity contribution in [2.75, 3.05) is 18.0 Å². The van der Waals surface area contributed by atoms with Crippen LogP contribution in [0.5, 0.6) is 0 Å². The molecule has 0 aromatic carbocycles. The first-order valence-corrected chi connectivity index (χ1v) is 8.31. The minimum atomic E-state index is -3.50. The number of aromatic nitrogens is 3. The summed E-state index contributed by atoms with van der Waals surface area (Å²) < 4.78 is 26.9. The van der Waals surface area contributed by atoms with Crippen LogP contribution in [0.3, 0.4) is 0 Å². The average Bonchev–Trinajstić information content (AvgIpc) is 3.04. The van der Waals surface area contributed by atoms with E-state index >= 15 is 0 Å². The molecule has 21 heavy (non-hydrogen) atoms. The lowest BCUT2D eigenvalue weighted by Gasteiger charge is -2.32. The van der Waals surface area contributed by atoms with Crippen LogP contribution >= 0.6 is 0 Å². The molecule has 1 aliphatic heterocycles. The number of nitrogens with one attached hydrogen (secondary N) is 2. The van der Waals surface area contributed by atoms with Crippen molar-refractivity contribution < 1.29 is 8.42 Å². The molecule has 1 saturated heterocycles. The normalized spacial score (nSPS) is 17.0. The van der Waals surface area contributed by atoms with Gasteiger partial charge >= 0.3 is 0 Å². The quantitative estimate of drug-likeness (QED) is 0.870.